The molecule has 0 fully saturated rings. The number of hydrogen-bond donors (Lipinski definition) is 1. The molecule has 0 saturated heterocycles. The van der Waals surface area contributed by atoms with Gasteiger partial charge in [-0.1, -0.05) is 24.8 Å². The number of methoxy groups -OCH3 is 1. The highest BCUT2D eigenvalue weighted by Gasteiger charge is 2.30. The Kier molecular flexibility index (Phi) is 12.6. The van der Waals surface area contributed by atoms with E-state index in [-0.39, 0.29) is 12.8 Å². The van der Waals surface area contributed by atoms with Crippen LogP contribution in [0, 0.1) is 0 Å². The molecule has 1 N–H and O–H groups in total. The summed E-state index contributed by atoms with van der Waals surface area (Å²) in [5.74, 6) is 1.02. The Morgan fingerprint density at radius 3 is 2.49 bits per heavy atom. The monoisotopic (exact) mass is 572 g/mol. The lowest BCUT2D eigenvalue weighted by Crippen LogP contribution is -2.46. The standard InChI is InChI=1S/C31H39F3N4O3/c1-8-12-16-41-27-18-23(17-22(10-3)29(27)35-6)25-19-26(36-20-28(25)40-7)21(5)38(11-4)30(39)37-24(13-9-2)14-15-31(32,33)34/h8-10,17-21,24H,1-3,6,11-16H2,4-5,7H3,(H,37,39). The number of nitrogens with zero attached hydrogens (tertiary/aromatic N) is 3. The van der Waals surface area contributed by atoms with E-state index in [1.165, 1.54) is 18.1 Å². The van der Waals surface area contributed by atoms with Crippen LogP contribution >= 0.6 is 0 Å². The van der Waals surface area contributed by atoms with Crippen molar-refractivity contribution in [1.29, 1.82) is 0 Å². The van der Waals surface area contributed by atoms with Gasteiger partial charge in [-0.15, -0.1) is 13.2 Å². The molecule has 41 heavy (non-hydrogen) atoms. The van der Waals surface area contributed by atoms with Gasteiger partial charge in [-0.3, -0.25) is 9.98 Å². The van der Waals surface area contributed by atoms with Gasteiger partial charge in [-0.2, -0.15) is 13.2 Å². The second-order valence-corrected chi connectivity index (χ2v) is 9.30. The van der Waals surface area contributed by atoms with Crippen LogP contribution in [-0.2, 0) is 0 Å². The number of rotatable bonds is 16. The number of alkyl halides is 3. The van der Waals surface area contributed by atoms with E-state index in [1.54, 1.807) is 25.3 Å². The molecule has 2 amide bonds. The molecule has 2 unspecified atom stereocenters. The lowest BCUT2D eigenvalue weighted by molar-refractivity contribution is -0.136. The lowest BCUT2D eigenvalue weighted by atomic mass is 9.99. The second-order valence-electron chi connectivity index (χ2n) is 9.30. The van der Waals surface area contributed by atoms with Gasteiger partial charge in [0.1, 0.15) is 17.2 Å². The van der Waals surface area contributed by atoms with Crippen LogP contribution in [0.2, 0.25) is 0 Å². The van der Waals surface area contributed by atoms with Crippen molar-refractivity contribution in [1.82, 2.24) is 15.2 Å². The van der Waals surface area contributed by atoms with Crippen LogP contribution in [0.3, 0.4) is 0 Å². The summed E-state index contributed by atoms with van der Waals surface area (Å²) in [5, 5.41) is 2.73. The number of halogens is 3. The van der Waals surface area contributed by atoms with Crippen molar-refractivity contribution in [3.63, 3.8) is 0 Å². The summed E-state index contributed by atoms with van der Waals surface area (Å²) < 4.78 is 50.0. The topological polar surface area (TPSA) is 76.0 Å². The quantitative estimate of drug-likeness (QED) is 0.125. The van der Waals surface area contributed by atoms with Gasteiger partial charge >= 0.3 is 12.2 Å². The largest absolute Gasteiger partial charge is 0.494 e. The van der Waals surface area contributed by atoms with E-state index in [4.69, 9.17) is 9.47 Å². The summed E-state index contributed by atoms with van der Waals surface area (Å²) in [6.45, 7) is 19.2. The molecule has 0 aliphatic carbocycles. The van der Waals surface area contributed by atoms with E-state index in [1.807, 2.05) is 25.1 Å². The zero-order valence-corrected chi connectivity index (χ0v) is 24.0. The van der Waals surface area contributed by atoms with Gasteiger partial charge in [0.25, 0.3) is 0 Å². The summed E-state index contributed by atoms with van der Waals surface area (Å²) >= 11 is 0. The molecule has 2 rings (SSSR count). The smallest absolute Gasteiger partial charge is 0.389 e. The average molecular weight is 573 g/mol. The zero-order valence-electron chi connectivity index (χ0n) is 24.0. The van der Waals surface area contributed by atoms with E-state index in [0.29, 0.717) is 53.6 Å². The first-order chi connectivity index (χ1) is 19.5. The average Bonchev–Trinajstić information content (AvgIpc) is 2.95. The normalized spacial score (nSPS) is 12.5. The first-order valence-electron chi connectivity index (χ1n) is 13.3. The molecule has 1 aromatic heterocycles. The number of aromatic nitrogens is 1. The third-order valence-corrected chi connectivity index (χ3v) is 6.53. The highest BCUT2D eigenvalue weighted by molar-refractivity contribution is 5.81. The van der Waals surface area contributed by atoms with Crippen molar-refractivity contribution in [3.8, 4) is 22.6 Å². The molecule has 0 spiro atoms. The van der Waals surface area contributed by atoms with Crippen LogP contribution in [-0.4, -0.2) is 55.1 Å². The highest BCUT2D eigenvalue weighted by atomic mass is 19.4. The molecule has 2 atom stereocenters. The number of aliphatic imine (C=N–C) groups is 1. The van der Waals surface area contributed by atoms with Gasteiger partial charge < -0.3 is 19.7 Å². The van der Waals surface area contributed by atoms with Crippen LogP contribution in [0.5, 0.6) is 11.5 Å². The van der Waals surface area contributed by atoms with Crippen LogP contribution in [0.25, 0.3) is 17.2 Å². The van der Waals surface area contributed by atoms with Crippen molar-refractivity contribution in [2.45, 2.75) is 57.8 Å². The number of hydrogen-bond acceptors (Lipinski definition) is 5. The number of carbonyl (C=O) groups is 1. The third kappa shape index (κ3) is 9.23. The van der Waals surface area contributed by atoms with Gasteiger partial charge in [-0.05, 0) is 63.6 Å². The minimum atomic E-state index is -4.31. The predicted octanol–water partition coefficient (Wildman–Crippen LogP) is 8.07. The number of amides is 2. The molecule has 222 valence electrons. The fourth-order valence-electron chi connectivity index (χ4n) is 4.35. The van der Waals surface area contributed by atoms with E-state index in [0.717, 1.165) is 5.56 Å². The Morgan fingerprint density at radius 1 is 1.20 bits per heavy atom. The third-order valence-electron chi connectivity index (χ3n) is 6.53. The molecule has 1 heterocycles. The van der Waals surface area contributed by atoms with Gasteiger partial charge in [0.2, 0.25) is 0 Å². The molecule has 0 aliphatic rings. The number of ether oxygens (including phenoxy) is 2. The van der Waals surface area contributed by atoms with Gasteiger partial charge in [0.15, 0.2) is 0 Å². The summed E-state index contributed by atoms with van der Waals surface area (Å²) in [5.41, 5.74) is 3.28. The Hall–Kier alpha value is -4.08. The molecule has 0 bridgehead atoms. The molecule has 1 aromatic carbocycles. The number of benzene rings is 1. The van der Waals surface area contributed by atoms with E-state index in [2.05, 4.69) is 41.7 Å². The van der Waals surface area contributed by atoms with Gasteiger partial charge in [0, 0.05) is 30.1 Å². The maximum Gasteiger partial charge on any atom is 0.389 e. The van der Waals surface area contributed by atoms with Crippen molar-refractivity contribution in [2.24, 2.45) is 4.99 Å². The van der Waals surface area contributed by atoms with Crippen LogP contribution in [0.1, 0.15) is 56.8 Å². The Morgan fingerprint density at radius 2 is 1.93 bits per heavy atom. The van der Waals surface area contributed by atoms with Gasteiger partial charge in [0.05, 0.1) is 31.6 Å². The number of carbonyl (C=O) groups excluding carboxylic acids is 1. The Balaban J connectivity index is 2.45. The summed E-state index contributed by atoms with van der Waals surface area (Å²) in [4.78, 5) is 23.4. The van der Waals surface area contributed by atoms with Crippen molar-refractivity contribution < 1.29 is 27.4 Å². The fourth-order valence-corrected chi connectivity index (χ4v) is 4.35. The Labute approximate surface area is 240 Å². The minimum absolute atomic E-state index is 0.219. The minimum Gasteiger partial charge on any atom is -0.494 e. The highest BCUT2D eigenvalue weighted by Crippen LogP contribution is 2.40. The van der Waals surface area contributed by atoms with Crippen molar-refractivity contribution in [2.75, 3.05) is 20.3 Å². The first-order valence-corrected chi connectivity index (χ1v) is 13.3. The SMILES string of the molecule is C=CCCOc1cc(-c2cc(C(C)N(CC)C(=O)NC(CC=C)CCC(F)(F)F)ncc2OC)cc(C=C)c1N=C. The van der Waals surface area contributed by atoms with Crippen molar-refractivity contribution in [3.05, 3.63) is 67.5 Å². The maximum absolute atomic E-state index is 13.2. The summed E-state index contributed by atoms with van der Waals surface area (Å²) in [6, 6.07) is 3.85. The maximum atomic E-state index is 13.2. The molecular weight excluding hydrogens is 533 g/mol. The van der Waals surface area contributed by atoms with E-state index < -0.39 is 30.7 Å². The number of pyridine rings is 1. The number of urea groups is 1. The summed E-state index contributed by atoms with van der Waals surface area (Å²) in [6.07, 6.45) is 1.80. The zero-order chi connectivity index (χ0) is 30.6. The molecular formula is C31H39F3N4O3. The number of nitrogens with one attached hydrogen (secondary N) is 1. The first kappa shape index (κ1) is 33.1. The molecule has 0 radical (unpaired) electrons. The van der Waals surface area contributed by atoms with E-state index in [9.17, 15) is 18.0 Å². The Bertz CT molecular complexity index is 1230. The fraction of sp³-hybridized carbons (Fsp3) is 0.387. The summed E-state index contributed by atoms with van der Waals surface area (Å²) in [7, 11) is 1.53. The van der Waals surface area contributed by atoms with Crippen LogP contribution in [0.4, 0.5) is 23.7 Å². The molecule has 2 aromatic rings. The van der Waals surface area contributed by atoms with Crippen molar-refractivity contribution >= 4 is 24.5 Å². The molecule has 10 heteroatoms. The molecule has 0 saturated carbocycles. The van der Waals surface area contributed by atoms with Crippen LogP contribution < -0.4 is 14.8 Å². The predicted molar refractivity (Wildman–Crippen MR) is 159 cm³/mol. The second kappa shape index (κ2) is 15.6. The molecule has 7 nitrogen and oxygen atoms in total. The van der Waals surface area contributed by atoms with Gasteiger partial charge in [-0.25, -0.2) is 4.79 Å². The molecule has 0 aliphatic heterocycles. The van der Waals surface area contributed by atoms with Crippen LogP contribution in [0.15, 0.2) is 61.3 Å². The van der Waals surface area contributed by atoms with E-state index >= 15 is 0 Å². The lowest BCUT2D eigenvalue weighted by Gasteiger charge is -2.30.